The standard InChI is InChI=1S/C11H13NO4S2/c1-2-15-9(13)5-7-6-17-11(12-7)18-8-3-4-16-10(8)14/h6,8H,2-5H2,1H3/t8-/m1/s1. The number of aromatic nitrogens is 1. The van der Waals surface area contributed by atoms with Crippen LogP contribution in [0.2, 0.25) is 0 Å². The number of carbonyl (C=O) groups is 2. The SMILES string of the molecule is CCOC(=O)Cc1csc(S[C@@H]2CCOC2=O)n1. The van der Waals surface area contributed by atoms with Crippen LogP contribution >= 0.6 is 23.1 Å². The molecule has 2 rings (SSSR count). The van der Waals surface area contributed by atoms with Gasteiger partial charge in [0.05, 0.1) is 25.3 Å². The molecule has 0 spiro atoms. The summed E-state index contributed by atoms with van der Waals surface area (Å²) in [4.78, 5) is 26.9. The van der Waals surface area contributed by atoms with Crippen LogP contribution in [0.5, 0.6) is 0 Å². The predicted octanol–water partition coefficient (Wildman–Crippen LogP) is 1.66. The van der Waals surface area contributed by atoms with Crippen LogP contribution in [0.15, 0.2) is 9.72 Å². The molecule has 1 atom stereocenters. The van der Waals surface area contributed by atoms with Gasteiger partial charge in [0.1, 0.15) is 5.25 Å². The van der Waals surface area contributed by atoms with Crippen LogP contribution in [-0.2, 0) is 25.5 Å². The highest BCUT2D eigenvalue weighted by Gasteiger charge is 2.28. The Hall–Kier alpha value is -1.08. The van der Waals surface area contributed by atoms with Crippen molar-refractivity contribution in [2.75, 3.05) is 13.2 Å². The van der Waals surface area contributed by atoms with Crippen molar-refractivity contribution in [3.05, 3.63) is 11.1 Å². The maximum atomic E-state index is 11.3. The van der Waals surface area contributed by atoms with E-state index in [1.54, 1.807) is 6.92 Å². The Morgan fingerprint density at radius 3 is 3.22 bits per heavy atom. The molecule has 0 aromatic carbocycles. The number of cyclic esters (lactones) is 1. The first kappa shape index (κ1) is 13.4. The average Bonchev–Trinajstić information content (AvgIpc) is 2.90. The lowest BCUT2D eigenvalue weighted by Gasteiger charge is -2.01. The first-order valence-electron chi connectivity index (χ1n) is 5.62. The third kappa shape index (κ3) is 3.46. The normalized spacial score (nSPS) is 18.7. The number of nitrogens with zero attached hydrogens (tertiary/aromatic N) is 1. The maximum absolute atomic E-state index is 11.3. The van der Waals surface area contributed by atoms with E-state index in [0.717, 1.165) is 10.8 Å². The molecule has 1 fully saturated rings. The van der Waals surface area contributed by atoms with E-state index < -0.39 is 0 Å². The van der Waals surface area contributed by atoms with E-state index in [1.807, 2.05) is 5.38 Å². The molecule has 0 unspecified atom stereocenters. The van der Waals surface area contributed by atoms with E-state index in [1.165, 1.54) is 23.1 Å². The van der Waals surface area contributed by atoms with Gasteiger partial charge in [-0.25, -0.2) is 4.98 Å². The summed E-state index contributed by atoms with van der Waals surface area (Å²) in [6, 6.07) is 0. The predicted molar refractivity (Wildman–Crippen MR) is 67.7 cm³/mol. The molecule has 0 aliphatic carbocycles. The molecule has 0 N–H and O–H groups in total. The van der Waals surface area contributed by atoms with Gasteiger partial charge in [0, 0.05) is 11.8 Å². The first-order chi connectivity index (χ1) is 8.69. The third-order valence-corrected chi connectivity index (χ3v) is 4.56. The fraction of sp³-hybridized carbons (Fsp3) is 0.545. The number of carbonyl (C=O) groups excluding carboxylic acids is 2. The third-order valence-electron chi connectivity index (χ3n) is 2.29. The summed E-state index contributed by atoms with van der Waals surface area (Å²) in [5, 5.41) is 1.66. The second kappa shape index (κ2) is 6.19. The molecule has 0 bridgehead atoms. The van der Waals surface area contributed by atoms with Gasteiger partial charge in [-0.2, -0.15) is 0 Å². The summed E-state index contributed by atoms with van der Waals surface area (Å²) in [5.41, 5.74) is 0.687. The van der Waals surface area contributed by atoms with Crippen molar-refractivity contribution in [2.45, 2.75) is 29.4 Å². The summed E-state index contributed by atoms with van der Waals surface area (Å²) in [7, 11) is 0. The van der Waals surface area contributed by atoms with E-state index in [9.17, 15) is 9.59 Å². The van der Waals surface area contributed by atoms with Gasteiger partial charge >= 0.3 is 11.9 Å². The Morgan fingerprint density at radius 1 is 1.72 bits per heavy atom. The molecule has 1 aromatic heterocycles. The smallest absolute Gasteiger partial charge is 0.319 e. The minimum Gasteiger partial charge on any atom is -0.466 e. The summed E-state index contributed by atoms with van der Waals surface area (Å²) >= 11 is 2.84. The van der Waals surface area contributed by atoms with Crippen LogP contribution in [-0.4, -0.2) is 35.4 Å². The topological polar surface area (TPSA) is 65.5 Å². The minimum absolute atomic E-state index is 0.161. The highest BCUT2D eigenvalue weighted by atomic mass is 32.2. The molecule has 7 heteroatoms. The van der Waals surface area contributed by atoms with Crippen molar-refractivity contribution in [1.82, 2.24) is 4.98 Å². The minimum atomic E-state index is -0.278. The van der Waals surface area contributed by atoms with Crippen molar-refractivity contribution in [3.8, 4) is 0 Å². The van der Waals surface area contributed by atoms with E-state index in [2.05, 4.69) is 4.98 Å². The lowest BCUT2D eigenvalue weighted by molar-refractivity contribution is -0.142. The molecule has 18 heavy (non-hydrogen) atoms. The summed E-state index contributed by atoms with van der Waals surface area (Å²) in [5.74, 6) is -0.457. The van der Waals surface area contributed by atoms with E-state index in [4.69, 9.17) is 9.47 Å². The van der Waals surface area contributed by atoms with Gasteiger partial charge < -0.3 is 9.47 Å². The number of rotatable bonds is 5. The van der Waals surface area contributed by atoms with Gasteiger partial charge in [-0.05, 0) is 6.92 Å². The van der Waals surface area contributed by atoms with E-state index in [-0.39, 0.29) is 23.6 Å². The number of ether oxygens (including phenoxy) is 2. The van der Waals surface area contributed by atoms with Crippen molar-refractivity contribution >= 4 is 35.0 Å². The van der Waals surface area contributed by atoms with Crippen molar-refractivity contribution in [1.29, 1.82) is 0 Å². The van der Waals surface area contributed by atoms with Crippen molar-refractivity contribution < 1.29 is 19.1 Å². The largest absolute Gasteiger partial charge is 0.466 e. The molecule has 1 aliphatic heterocycles. The fourth-order valence-electron chi connectivity index (χ4n) is 1.49. The van der Waals surface area contributed by atoms with Crippen LogP contribution in [0.1, 0.15) is 19.0 Å². The average molecular weight is 287 g/mol. The van der Waals surface area contributed by atoms with Crippen LogP contribution in [0.4, 0.5) is 0 Å². The summed E-state index contributed by atoms with van der Waals surface area (Å²) in [6.45, 7) is 2.63. The summed E-state index contributed by atoms with van der Waals surface area (Å²) in [6.07, 6.45) is 0.899. The Balaban J connectivity index is 1.89. The molecular formula is C11H13NO4S2. The number of hydrogen-bond donors (Lipinski definition) is 0. The lowest BCUT2D eigenvalue weighted by Crippen LogP contribution is -2.09. The van der Waals surface area contributed by atoms with Crippen LogP contribution in [0.3, 0.4) is 0 Å². The van der Waals surface area contributed by atoms with Crippen LogP contribution < -0.4 is 0 Å². The number of hydrogen-bond acceptors (Lipinski definition) is 7. The Kier molecular flexibility index (Phi) is 4.60. The van der Waals surface area contributed by atoms with Crippen LogP contribution in [0, 0.1) is 0 Å². The molecule has 1 aromatic rings. The molecule has 0 radical (unpaired) electrons. The van der Waals surface area contributed by atoms with Crippen LogP contribution in [0.25, 0.3) is 0 Å². The van der Waals surface area contributed by atoms with Gasteiger partial charge in [-0.1, -0.05) is 11.8 Å². The van der Waals surface area contributed by atoms with Gasteiger partial charge in [-0.3, -0.25) is 9.59 Å². The second-order valence-electron chi connectivity index (χ2n) is 3.65. The molecule has 0 saturated carbocycles. The molecule has 2 heterocycles. The fourth-order valence-corrected chi connectivity index (χ4v) is 3.54. The molecule has 0 amide bonds. The zero-order valence-corrected chi connectivity index (χ0v) is 11.5. The van der Waals surface area contributed by atoms with Gasteiger partial charge in [0.15, 0.2) is 4.34 Å². The van der Waals surface area contributed by atoms with Gasteiger partial charge in [0.2, 0.25) is 0 Å². The zero-order valence-electron chi connectivity index (χ0n) is 9.88. The quantitative estimate of drug-likeness (QED) is 0.767. The van der Waals surface area contributed by atoms with Gasteiger partial charge in [-0.15, -0.1) is 11.3 Å². The van der Waals surface area contributed by atoms with E-state index in [0.29, 0.717) is 18.9 Å². The highest BCUT2D eigenvalue weighted by molar-refractivity contribution is 8.02. The first-order valence-corrected chi connectivity index (χ1v) is 7.38. The molecular weight excluding hydrogens is 274 g/mol. The molecule has 98 valence electrons. The number of thioether (sulfide) groups is 1. The number of thiazole rings is 1. The lowest BCUT2D eigenvalue weighted by atomic mass is 10.3. The molecule has 5 nitrogen and oxygen atoms in total. The maximum Gasteiger partial charge on any atom is 0.319 e. The number of esters is 2. The summed E-state index contributed by atoms with van der Waals surface area (Å²) < 4.78 is 10.5. The Bertz CT molecular complexity index is 446. The van der Waals surface area contributed by atoms with Gasteiger partial charge in [0.25, 0.3) is 0 Å². The monoisotopic (exact) mass is 287 g/mol. The molecule has 1 aliphatic rings. The van der Waals surface area contributed by atoms with Crippen molar-refractivity contribution in [2.24, 2.45) is 0 Å². The highest BCUT2D eigenvalue weighted by Crippen LogP contribution is 2.31. The van der Waals surface area contributed by atoms with Crippen molar-refractivity contribution in [3.63, 3.8) is 0 Å². The Morgan fingerprint density at radius 2 is 2.56 bits per heavy atom. The van der Waals surface area contributed by atoms with E-state index >= 15 is 0 Å². The second-order valence-corrected chi connectivity index (χ2v) is 5.96. The Labute approximate surface area is 113 Å². The zero-order chi connectivity index (χ0) is 13.0. The molecule has 1 saturated heterocycles.